The molecule has 2 amide bonds. The van der Waals surface area contributed by atoms with E-state index in [0.29, 0.717) is 18.7 Å². The van der Waals surface area contributed by atoms with Crippen LogP contribution >= 0.6 is 0 Å². The molecule has 0 bridgehead atoms. The summed E-state index contributed by atoms with van der Waals surface area (Å²) in [5.41, 5.74) is 3.02. The van der Waals surface area contributed by atoms with Crippen LogP contribution in [-0.2, 0) is 11.2 Å². The fraction of sp³-hybridized carbons (Fsp3) is 0.500. The Hall–Kier alpha value is -2.04. The van der Waals surface area contributed by atoms with Gasteiger partial charge in [0.15, 0.2) is 0 Å². The van der Waals surface area contributed by atoms with Gasteiger partial charge >= 0.3 is 0 Å². The molecule has 0 aromatic heterocycles. The highest BCUT2D eigenvalue weighted by Crippen LogP contribution is 2.28. The van der Waals surface area contributed by atoms with E-state index in [0.717, 1.165) is 37.9 Å². The zero-order chi connectivity index (χ0) is 14.7. The van der Waals surface area contributed by atoms with Crippen molar-refractivity contribution in [3.63, 3.8) is 0 Å². The molecule has 0 radical (unpaired) electrons. The van der Waals surface area contributed by atoms with Gasteiger partial charge in [-0.15, -0.1) is 0 Å². The second-order valence-corrected chi connectivity index (χ2v) is 5.72. The van der Waals surface area contributed by atoms with Crippen molar-refractivity contribution >= 4 is 17.5 Å². The number of carbonyl (C=O) groups is 2. The van der Waals surface area contributed by atoms with Crippen molar-refractivity contribution < 1.29 is 9.59 Å². The maximum absolute atomic E-state index is 12.1. The van der Waals surface area contributed by atoms with Crippen LogP contribution in [0.1, 0.15) is 35.2 Å². The Bertz CT molecular complexity index is 552. The summed E-state index contributed by atoms with van der Waals surface area (Å²) in [5, 5.41) is 9.01. The van der Waals surface area contributed by atoms with Gasteiger partial charge < -0.3 is 16.0 Å². The molecule has 5 heteroatoms. The lowest BCUT2D eigenvalue weighted by Crippen LogP contribution is -2.35. The van der Waals surface area contributed by atoms with E-state index in [1.807, 2.05) is 18.2 Å². The molecule has 0 saturated heterocycles. The number of carbonyl (C=O) groups excluding carboxylic acids is 2. The Morgan fingerprint density at radius 3 is 2.81 bits per heavy atom. The van der Waals surface area contributed by atoms with Crippen molar-refractivity contribution in [2.45, 2.75) is 25.7 Å². The Kier molecular flexibility index (Phi) is 4.08. The molecular formula is C16H21N3O2. The first-order valence-electron chi connectivity index (χ1n) is 7.67. The van der Waals surface area contributed by atoms with Gasteiger partial charge in [0.1, 0.15) is 0 Å². The molecule has 21 heavy (non-hydrogen) atoms. The highest BCUT2D eigenvalue weighted by Gasteiger charge is 2.28. The largest absolute Gasteiger partial charge is 0.385 e. The van der Waals surface area contributed by atoms with E-state index in [1.54, 1.807) is 0 Å². The third-order valence-electron chi connectivity index (χ3n) is 3.96. The number of rotatable bonds is 5. The number of benzene rings is 1. The smallest absolute Gasteiger partial charge is 0.251 e. The van der Waals surface area contributed by atoms with E-state index in [2.05, 4.69) is 16.0 Å². The summed E-state index contributed by atoms with van der Waals surface area (Å²) in [6.07, 6.45) is 4.12. The van der Waals surface area contributed by atoms with Gasteiger partial charge in [-0.05, 0) is 49.4 Å². The van der Waals surface area contributed by atoms with Gasteiger partial charge in [0, 0.05) is 36.8 Å². The van der Waals surface area contributed by atoms with E-state index < -0.39 is 0 Å². The highest BCUT2D eigenvalue weighted by molar-refractivity contribution is 5.95. The lowest BCUT2D eigenvalue weighted by molar-refractivity contribution is -0.122. The molecule has 112 valence electrons. The average Bonchev–Trinajstić information content (AvgIpc) is 3.35. The molecule has 1 fully saturated rings. The second-order valence-electron chi connectivity index (χ2n) is 5.72. The molecule has 0 unspecified atom stereocenters. The van der Waals surface area contributed by atoms with E-state index >= 15 is 0 Å². The van der Waals surface area contributed by atoms with E-state index in [4.69, 9.17) is 0 Å². The van der Waals surface area contributed by atoms with Crippen LogP contribution < -0.4 is 16.0 Å². The summed E-state index contributed by atoms with van der Waals surface area (Å²) in [5.74, 6) is 0.252. The number of amides is 2. The molecule has 2 aliphatic rings. The predicted octanol–water partition coefficient (Wildman–Crippen LogP) is 1.30. The number of hydrogen-bond donors (Lipinski definition) is 3. The molecular weight excluding hydrogens is 266 g/mol. The third kappa shape index (κ3) is 3.54. The molecule has 1 saturated carbocycles. The summed E-state index contributed by atoms with van der Waals surface area (Å²) < 4.78 is 0. The highest BCUT2D eigenvalue weighted by atomic mass is 16.2. The van der Waals surface area contributed by atoms with Crippen molar-refractivity contribution in [3.8, 4) is 0 Å². The van der Waals surface area contributed by atoms with Gasteiger partial charge in [0.25, 0.3) is 5.91 Å². The Balaban J connectivity index is 1.47. The number of hydrogen-bond acceptors (Lipinski definition) is 3. The molecule has 1 aromatic carbocycles. The summed E-state index contributed by atoms with van der Waals surface area (Å²) in [6.45, 7) is 1.96. The second kappa shape index (κ2) is 6.16. The van der Waals surface area contributed by atoms with E-state index in [9.17, 15) is 9.59 Å². The SMILES string of the molecule is O=C(NCCNC(=O)C1CC1)c1ccc2c(c1)CCCN2. The quantitative estimate of drug-likeness (QED) is 0.715. The molecule has 1 aliphatic carbocycles. The number of nitrogens with one attached hydrogen (secondary N) is 3. The van der Waals surface area contributed by atoms with Crippen LogP contribution in [0.15, 0.2) is 18.2 Å². The van der Waals surface area contributed by atoms with Gasteiger partial charge in [0.2, 0.25) is 5.91 Å². The maximum atomic E-state index is 12.1. The van der Waals surface area contributed by atoms with Crippen LogP contribution in [0.5, 0.6) is 0 Å². The monoisotopic (exact) mass is 287 g/mol. The van der Waals surface area contributed by atoms with Gasteiger partial charge in [0.05, 0.1) is 0 Å². The predicted molar refractivity (Wildman–Crippen MR) is 81.3 cm³/mol. The Labute approximate surface area is 124 Å². The van der Waals surface area contributed by atoms with E-state index in [1.165, 1.54) is 5.56 Å². The Morgan fingerprint density at radius 1 is 1.19 bits per heavy atom. The maximum Gasteiger partial charge on any atom is 0.251 e. The number of anilines is 1. The fourth-order valence-electron chi connectivity index (χ4n) is 2.57. The van der Waals surface area contributed by atoms with Gasteiger partial charge in [-0.1, -0.05) is 0 Å². The molecule has 5 nitrogen and oxygen atoms in total. The van der Waals surface area contributed by atoms with Crippen LogP contribution in [-0.4, -0.2) is 31.4 Å². The lowest BCUT2D eigenvalue weighted by Gasteiger charge is -2.18. The molecule has 1 aromatic rings. The molecule has 3 N–H and O–H groups in total. The lowest BCUT2D eigenvalue weighted by atomic mass is 10.0. The van der Waals surface area contributed by atoms with Crippen molar-refractivity contribution in [1.82, 2.24) is 10.6 Å². The first kappa shape index (κ1) is 13.9. The standard InChI is InChI=1S/C16H21N3O2/c20-15(11-3-4-11)18-8-9-19-16(21)13-5-6-14-12(10-13)2-1-7-17-14/h5-6,10-11,17H,1-4,7-9H2,(H,18,20)(H,19,21). The van der Waals surface area contributed by atoms with E-state index in [-0.39, 0.29) is 17.7 Å². The summed E-state index contributed by atoms with van der Waals surface area (Å²) in [7, 11) is 0. The van der Waals surface area contributed by atoms with Crippen LogP contribution in [0.25, 0.3) is 0 Å². The number of fused-ring (bicyclic) bond motifs is 1. The topological polar surface area (TPSA) is 70.2 Å². The molecule has 0 spiro atoms. The first-order chi connectivity index (χ1) is 10.2. The normalized spacial score (nSPS) is 16.6. The van der Waals surface area contributed by atoms with Crippen LogP contribution in [0.4, 0.5) is 5.69 Å². The molecule has 1 aliphatic heterocycles. The van der Waals surface area contributed by atoms with Crippen molar-refractivity contribution in [2.75, 3.05) is 25.0 Å². The number of aryl methyl sites for hydroxylation is 1. The van der Waals surface area contributed by atoms with Crippen molar-refractivity contribution in [1.29, 1.82) is 0 Å². The third-order valence-corrected chi connectivity index (χ3v) is 3.96. The zero-order valence-electron chi connectivity index (χ0n) is 12.1. The van der Waals surface area contributed by atoms with Crippen molar-refractivity contribution in [2.24, 2.45) is 5.92 Å². The average molecular weight is 287 g/mol. The van der Waals surface area contributed by atoms with Gasteiger partial charge in [-0.3, -0.25) is 9.59 Å². The summed E-state index contributed by atoms with van der Waals surface area (Å²) >= 11 is 0. The van der Waals surface area contributed by atoms with Crippen LogP contribution in [0, 0.1) is 5.92 Å². The first-order valence-corrected chi connectivity index (χ1v) is 7.67. The fourth-order valence-corrected chi connectivity index (χ4v) is 2.57. The molecule has 1 heterocycles. The summed E-state index contributed by atoms with van der Waals surface area (Å²) in [4.78, 5) is 23.5. The van der Waals surface area contributed by atoms with Gasteiger partial charge in [-0.25, -0.2) is 0 Å². The Morgan fingerprint density at radius 2 is 2.00 bits per heavy atom. The van der Waals surface area contributed by atoms with Gasteiger partial charge in [-0.2, -0.15) is 0 Å². The zero-order valence-corrected chi connectivity index (χ0v) is 12.1. The van der Waals surface area contributed by atoms with Crippen LogP contribution in [0.3, 0.4) is 0 Å². The molecule has 0 atom stereocenters. The minimum Gasteiger partial charge on any atom is -0.385 e. The minimum absolute atomic E-state index is 0.0796. The van der Waals surface area contributed by atoms with Crippen molar-refractivity contribution in [3.05, 3.63) is 29.3 Å². The van der Waals surface area contributed by atoms with Crippen LogP contribution in [0.2, 0.25) is 0 Å². The summed E-state index contributed by atoms with van der Waals surface area (Å²) in [6, 6.07) is 5.77. The molecule has 3 rings (SSSR count). The minimum atomic E-state index is -0.0796.